The molecule has 0 amide bonds. The first-order chi connectivity index (χ1) is 12.3. The Hall–Kier alpha value is -2.74. The number of benzene rings is 1. The van der Waals surface area contributed by atoms with Crippen LogP contribution in [0.25, 0.3) is 11.5 Å². The average Bonchev–Trinajstić information content (AvgIpc) is 3.39. The molecule has 1 fully saturated rings. The van der Waals surface area contributed by atoms with Gasteiger partial charge in [-0.25, -0.2) is 4.98 Å². The van der Waals surface area contributed by atoms with Gasteiger partial charge in [-0.3, -0.25) is 9.58 Å². The molecule has 1 aliphatic heterocycles. The Morgan fingerprint density at radius 2 is 2.16 bits per heavy atom. The zero-order valence-corrected chi connectivity index (χ0v) is 14.1. The molecule has 130 valence electrons. The first kappa shape index (κ1) is 15.8. The number of likely N-dealkylation sites (tertiary alicyclic amines) is 1. The minimum atomic E-state index is 0.421. The Morgan fingerprint density at radius 3 is 2.92 bits per heavy atom. The smallest absolute Gasteiger partial charge is 0.257 e. The van der Waals surface area contributed by atoms with Gasteiger partial charge in [-0.15, -0.1) is 0 Å². The monoisotopic (exact) mass is 340 g/mol. The number of nitrogens with zero attached hydrogens (tertiary/aromatic N) is 6. The third kappa shape index (κ3) is 3.53. The van der Waals surface area contributed by atoms with E-state index < -0.39 is 0 Å². The van der Waals surface area contributed by atoms with E-state index in [2.05, 4.69) is 25.1 Å². The zero-order valence-electron chi connectivity index (χ0n) is 14.1. The lowest BCUT2D eigenvalue weighted by atomic mass is 10.2. The van der Waals surface area contributed by atoms with Crippen LogP contribution in [0.3, 0.4) is 0 Å². The highest BCUT2D eigenvalue weighted by Gasteiger charge is 2.26. The first-order valence-corrected chi connectivity index (χ1v) is 8.35. The minimum Gasteiger partial charge on any atom is -0.497 e. The van der Waals surface area contributed by atoms with E-state index in [1.54, 1.807) is 19.8 Å². The molecule has 3 heterocycles. The van der Waals surface area contributed by atoms with E-state index in [-0.39, 0.29) is 0 Å². The van der Waals surface area contributed by atoms with E-state index in [0.29, 0.717) is 24.3 Å². The minimum absolute atomic E-state index is 0.421. The van der Waals surface area contributed by atoms with Crippen molar-refractivity contribution in [2.24, 2.45) is 0 Å². The van der Waals surface area contributed by atoms with Gasteiger partial charge in [0.1, 0.15) is 18.4 Å². The average molecular weight is 340 g/mol. The summed E-state index contributed by atoms with van der Waals surface area (Å²) >= 11 is 0. The summed E-state index contributed by atoms with van der Waals surface area (Å²) in [4.78, 5) is 10.9. The summed E-state index contributed by atoms with van der Waals surface area (Å²) in [5, 5.41) is 8.33. The van der Waals surface area contributed by atoms with Crippen LogP contribution < -0.4 is 4.74 Å². The van der Waals surface area contributed by atoms with Gasteiger partial charge >= 0.3 is 0 Å². The summed E-state index contributed by atoms with van der Waals surface area (Å²) in [7, 11) is 1.64. The lowest BCUT2D eigenvalue weighted by Gasteiger charge is -2.22. The Bertz CT molecular complexity index is 799. The lowest BCUT2D eigenvalue weighted by molar-refractivity contribution is 0.211. The predicted octanol–water partition coefficient (Wildman–Crippen LogP) is 2.00. The van der Waals surface area contributed by atoms with Gasteiger partial charge < -0.3 is 9.26 Å². The van der Waals surface area contributed by atoms with Crippen molar-refractivity contribution in [3.8, 4) is 17.2 Å². The summed E-state index contributed by atoms with van der Waals surface area (Å²) in [6.45, 7) is 2.55. The highest BCUT2D eigenvalue weighted by atomic mass is 16.5. The number of hydrogen-bond acceptors (Lipinski definition) is 7. The number of hydrogen-bond donors (Lipinski definition) is 0. The summed E-state index contributed by atoms with van der Waals surface area (Å²) in [6.07, 6.45) is 5.64. The van der Waals surface area contributed by atoms with Crippen molar-refractivity contribution in [1.82, 2.24) is 29.8 Å². The predicted molar refractivity (Wildman–Crippen MR) is 89.7 cm³/mol. The van der Waals surface area contributed by atoms with Crippen LogP contribution in [-0.4, -0.2) is 49.5 Å². The van der Waals surface area contributed by atoms with Crippen LogP contribution in [0, 0.1) is 0 Å². The maximum atomic E-state index is 5.42. The first-order valence-electron chi connectivity index (χ1n) is 8.35. The second-order valence-corrected chi connectivity index (χ2v) is 6.13. The molecule has 2 aromatic heterocycles. The maximum absolute atomic E-state index is 5.42. The molecule has 8 nitrogen and oxygen atoms in total. The molecule has 25 heavy (non-hydrogen) atoms. The fraction of sp³-hybridized carbons (Fsp3) is 0.412. The van der Waals surface area contributed by atoms with Crippen LogP contribution in [-0.2, 0) is 13.1 Å². The van der Waals surface area contributed by atoms with Gasteiger partial charge in [0, 0.05) is 11.6 Å². The standard InChI is InChI=1S/C17H20N6O2/c1-24-15-6-4-13(5-7-15)17-20-16(21-25-17)10-22-8-2-3-14(22)9-23-12-18-11-19-23/h4-7,11-12,14H,2-3,8-10H2,1H3. The second kappa shape index (κ2) is 7.02. The van der Waals surface area contributed by atoms with E-state index >= 15 is 0 Å². The van der Waals surface area contributed by atoms with E-state index in [0.717, 1.165) is 30.8 Å². The highest BCUT2D eigenvalue weighted by Crippen LogP contribution is 2.23. The molecule has 1 aromatic carbocycles. The van der Waals surface area contributed by atoms with Crippen molar-refractivity contribution < 1.29 is 9.26 Å². The molecular formula is C17H20N6O2. The molecule has 4 rings (SSSR count). The quantitative estimate of drug-likeness (QED) is 0.679. The molecule has 0 bridgehead atoms. The molecule has 0 N–H and O–H groups in total. The Labute approximate surface area is 145 Å². The molecule has 8 heteroatoms. The molecule has 1 saturated heterocycles. The van der Waals surface area contributed by atoms with Crippen molar-refractivity contribution in [2.45, 2.75) is 32.0 Å². The molecule has 3 aromatic rings. The van der Waals surface area contributed by atoms with Gasteiger partial charge in [0.05, 0.1) is 20.2 Å². The summed E-state index contributed by atoms with van der Waals surface area (Å²) in [6, 6.07) is 8.02. The van der Waals surface area contributed by atoms with Crippen molar-refractivity contribution >= 4 is 0 Å². The van der Waals surface area contributed by atoms with Crippen LogP contribution in [0.1, 0.15) is 18.7 Å². The molecule has 1 aliphatic rings. The van der Waals surface area contributed by atoms with Crippen LogP contribution in [0.4, 0.5) is 0 Å². The van der Waals surface area contributed by atoms with Crippen LogP contribution in [0.5, 0.6) is 5.75 Å². The van der Waals surface area contributed by atoms with Crippen molar-refractivity contribution in [3.63, 3.8) is 0 Å². The summed E-state index contributed by atoms with van der Waals surface area (Å²) < 4.78 is 12.5. The SMILES string of the molecule is COc1ccc(-c2nc(CN3CCCC3Cn3cncn3)no2)cc1. The van der Waals surface area contributed by atoms with Crippen molar-refractivity contribution in [3.05, 3.63) is 42.7 Å². The summed E-state index contributed by atoms with van der Waals surface area (Å²) in [5.41, 5.74) is 0.889. The van der Waals surface area contributed by atoms with Gasteiger partial charge in [0.15, 0.2) is 5.82 Å². The molecule has 1 atom stereocenters. The molecule has 1 unspecified atom stereocenters. The number of ether oxygens (including phenoxy) is 1. The molecule has 0 aliphatic carbocycles. The molecule has 0 spiro atoms. The van der Waals surface area contributed by atoms with Gasteiger partial charge in [-0.05, 0) is 43.7 Å². The number of rotatable bonds is 6. The van der Waals surface area contributed by atoms with E-state index in [1.807, 2.05) is 28.9 Å². The van der Waals surface area contributed by atoms with Gasteiger partial charge in [-0.2, -0.15) is 10.1 Å². The van der Waals surface area contributed by atoms with Gasteiger partial charge in [0.25, 0.3) is 5.89 Å². The van der Waals surface area contributed by atoms with E-state index in [1.165, 1.54) is 6.42 Å². The largest absolute Gasteiger partial charge is 0.497 e. The topological polar surface area (TPSA) is 82.1 Å². The Balaban J connectivity index is 1.43. The molecule has 0 saturated carbocycles. The van der Waals surface area contributed by atoms with Crippen LogP contribution in [0.15, 0.2) is 41.4 Å². The molecule has 0 radical (unpaired) electrons. The second-order valence-electron chi connectivity index (χ2n) is 6.13. The number of aromatic nitrogens is 5. The third-order valence-electron chi connectivity index (χ3n) is 4.51. The number of methoxy groups -OCH3 is 1. The van der Waals surface area contributed by atoms with E-state index in [9.17, 15) is 0 Å². The maximum Gasteiger partial charge on any atom is 0.257 e. The van der Waals surface area contributed by atoms with Crippen molar-refractivity contribution in [1.29, 1.82) is 0 Å². The lowest BCUT2D eigenvalue weighted by Crippen LogP contribution is -2.33. The van der Waals surface area contributed by atoms with E-state index in [4.69, 9.17) is 9.26 Å². The Kier molecular flexibility index (Phi) is 4.43. The molecular weight excluding hydrogens is 320 g/mol. The highest BCUT2D eigenvalue weighted by molar-refractivity contribution is 5.54. The zero-order chi connectivity index (χ0) is 17.1. The normalized spacial score (nSPS) is 17.9. The van der Waals surface area contributed by atoms with Gasteiger partial charge in [-0.1, -0.05) is 5.16 Å². The van der Waals surface area contributed by atoms with Crippen LogP contribution >= 0.6 is 0 Å². The third-order valence-corrected chi connectivity index (χ3v) is 4.51. The van der Waals surface area contributed by atoms with Crippen LogP contribution in [0.2, 0.25) is 0 Å². The Morgan fingerprint density at radius 1 is 1.28 bits per heavy atom. The summed E-state index contributed by atoms with van der Waals surface area (Å²) in [5.74, 6) is 2.04. The fourth-order valence-electron chi connectivity index (χ4n) is 3.20. The van der Waals surface area contributed by atoms with Crippen molar-refractivity contribution in [2.75, 3.05) is 13.7 Å². The van der Waals surface area contributed by atoms with Gasteiger partial charge in [0.2, 0.25) is 0 Å². The fourth-order valence-corrected chi connectivity index (χ4v) is 3.20.